The number of amides is 2. The first-order valence-electron chi connectivity index (χ1n) is 7.47. The molecule has 1 aromatic carbocycles. The van der Waals surface area contributed by atoms with Gasteiger partial charge in [-0.15, -0.1) is 0 Å². The topological polar surface area (TPSA) is 58.6 Å². The molecule has 1 aromatic rings. The summed E-state index contributed by atoms with van der Waals surface area (Å²) >= 11 is 0. The van der Waals surface area contributed by atoms with Crippen LogP contribution in [-0.2, 0) is 9.53 Å². The maximum Gasteiger partial charge on any atom is 0.251 e. The monoisotopic (exact) mass is 308 g/mol. The number of carbonyl (C=O) groups is 2. The fourth-order valence-electron chi connectivity index (χ4n) is 2.42. The van der Waals surface area contributed by atoms with Gasteiger partial charge in [0.25, 0.3) is 5.91 Å². The molecular weight excluding hydrogens is 287 g/mol. The normalized spacial score (nSPS) is 17.3. The van der Waals surface area contributed by atoms with Crippen molar-refractivity contribution in [3.63, 3.8) is 0 Å². The molecule has 0 aliphatic carbocycles. The highest BCUT2D eigenvalue weighted by molar-refractivity contribution is 5.94. The predicted molar refractivity (Wildman–Crippen MR) is 80.0 cm³/mol. The molecule has 1 saturated heterocycles. The molecule has 0 spiro atoms. The highest BCUT2D eigenvalue weighted by atomic mass is 19.1. The van der Waals surface area contributed by atoms with Crippen LogP contribution in [0.5, 0.6) is 0 Å². The van der Waals surface area contributed by atoms with Gasteiger partial charge in [0.2, 0.25) is 5.91 Å². The number of benzene rings is 1. The zero-order valence-corrected chi connectivity index (χ0v) is 12.7. The van der Waals surface area contributed by atoms with Crippen molar-refractivity contribution < 1.29 is 18.7 Å². The highest BCUT2D eigenvalue weighted by Crippen LogP contribution is 2.13. The molecule has 0 saturated carbocycles. The lowest BCUT2D eigenvalue weighted by atomic mass is 10.2. The van der Waals surface area contributed by atoms with E-state index in [0.29, 0.717) is 25.2 Å². The summed E-state index contributed by atoms with van der Waals surface area (Å²) in [6.45, 7) is 3.60. The smallest absolute Gasteiger partial charge is 0.251 e. The van der Waals surface area contributed by atoms with Crippen molar-refractivity contribution in [2.45, 2.75) is 25.9 Å². The number of halogens is 1. The van der Waals surface area contributed by atoms with Gasteiger partial charge < -0.3 is 15.0 Å². The van der Waals surface area contributed by atoms with E-state index in [4.69, 9.17) is 4.74 Å². The molecule has 1 fully saturated rings. The number of nitrogens with zero attached hydrogens (tertiary/aromatic N) is 1. The van der Waals surface area contributed by atoms with Crippen LogP contribution in [0.15, 0.2) is 24.3 Å². The fourth-order valence-corrected chi connectivity index (χ4v) is 2.42. The lowest BCUT2D eigenvalue weighted by Crippen LogP contribution is -2.41. The number of hydrogen-bond donors (Lipinski definition) is 1. The third kappa shape index (κ3) is 4.80. The van der Waals surface area contributed by atoms with Crippen LogP contribution in [0.25, 0.3) is 0 Å². The number of hydrogen-bond acceptors (Lipinski definition) is 3. The van der Waals surface area contributed by atoms with Crippen LogP contribution in [0.2, 0.25) is 0 Å². The minimum absolute atomic E-state index is 0.0356. The fraction of sp³-hybridized carbons (Fsp3) is 0.500. The predicted octanol–water partition coefficient (Wildman–Crippen LogP) is 1.58. The van der Waals surface area contributed by atoms with Crippen molar-refractivity contribution in [3.8, 4) is 0 Å². The molecule has 22 heavy (non-hydrogen) atoms. The van der Waals surface area contributed by atoms with Crippen molar-refractivity contribution >= 4 is 11.8 Å². The average Bonchev–Trinajstić information content (AvgIpc) is 2.99. The Balaban J connectivity index is 1.78. The molecule has 5 nitrogen and oxygen atoms in total. The van der Waals surface area contributed by atoms with E-state index in [0.717, 1.165) is 19.4 Å². The summed E-state index contributed by atoms with van der Waals surface area (Å²) in [7, 11) is 0. The van der Waals surface area contributed by atoms with Gasteiger partial charge in [-0.1, -0.05) is 0 Å². The molecule has 0 bridgehead atoms. The van der Waals surface area contributed by atoms with Crippen molar-refractivity contribution in [3.05, 3.63) is 35.6 Å². The maximum absolute atomic E-state index is 12.8. The number of carbonyl (C=O) groups excluding carboxylic acids is 2. The molecule has 0 aromatic heterocycles. The molecule has 6 heteroatoms. The van der Waals surface area contributed by atoms with Gasteiger partial charge in [0.15, 0.2) is 0 Å². The summed E-state index contributed by atoms with van der Waals surface area (Å²) in [5.41, 5.74) is 0.398. The van der Waals surface area contributed by atoms with E-state index in [2.05, 4.69) is 5.32 Å². The van der Waals surface area contributed by atoms with Crippen LogP contribution in [0.3, 0.4) is 0 Å². The molecule has 1 unspecified atom stereocenters. The highest BCUT2D eigenvalue weighted by Gasteiger charge is 2.20. The average molecular weight is 308 g/mol. The summed E-state index contributed by atoms with van der Waals surface area (Å²) in [5.74, 6) is -0.692. The van der Waals surface area contributed by atoms with Crippen LogP contribution >= 0.6 is 0 Å². The van der Waals surface area contributed by atoms with Crippen LogP contribution in [0, 0.1) is 5.82 Å². The molecule has 1 N–H and O–H groups in total. The summed E-state index contributed by atoms with van der Waals surface area (Å²) in [6, 6.07) is 5.35. The van der Waals surface area contributed by atoms with E-state index < -0.39 is 0 Å². The molecule has 2 amide bonds. The minimum atomic E-state index is -0.379. The van der Waals surface area contributed by atoms with Gasteiger partial charge >= 0.3 is 0 Å². The molecule has 2 rings (SSSR count). The Bertz CT molecular complexity index is 513. The lowest BCUT2D eigenvalue weighted by molar-refractivity contribution is -0.130. The Morgan fingerprint density at radius 3 is 2.68 bits per heavy atom. The summed E-state index contributed by atoms with van der Waals surface area (Å²) < 4.78 is 18.3. The van der Waals surface area contributed by atoms with Crippen molar-refractivity contribution in [2.24, 2.45) is 0 Å². The van der Waals surface area contributed by atoms with Crippen molar-refractivity contribution in [1.82, 2.24) is 10.2 Å². The largest absolute Gasteiger partial charge is 0.376 e. The molecule has 0 radical (unpaired) electrons. The van der Waals surface area contributed by atoms with Gasteiger partial charge in [0.1, 0.15) is 5.82 Å². The minimum Gasteiger partial charge on any atom is -0.376 e. The molecule has 1 aliphatic heterocycles. The van der Waals surface area contributed by atoms with Crippen LogP contribution in [-0.4, -0.2) is 49.1 Å². The maximum atomic E-state index is 12.8. The summed E-state index contributed by atoms with van der Waals surface area (Å²) in [4.78, 5) is 25.2. The first-order valence-corrected chi connectivity index (χ1v) is 7.47. The van der Waals surface area contributed by atoms with E-state index in [1.54, 1.807) is 4.90 Å². The van der Waals surface area contributed by atoms with Crippen LogP contribution < -0.4 is 5.32 Å². The Kier molecular flexibility index (Phi) is 5.89. The van der Waals surface area contributed by atoms with Gasteiger partial charge in [-0.3, -0.25) is 9.59 Å². The molecule has 120 valence electrons. The number of ether oxygens (including phenoxy) is 1. The third-order valence-electron chi connectivity index (χ3n) is 3.67. The Labute approximate surface area is 129 Å². The molecular formula is C16H21FN2O3. The molecule has 1 aliphatic rings. The van der Waals surface area contributed by atoms with Crippen molar-refractivity contribution in [2.75, 3.05) is 26.2 Å². The van der Waals surface area contributed by atoms with Crippen molar-refractivity contribution in [1.29, 1.82) is 0 Å². The van der Waals surface area contributed by atoms with E-state index >= 15 is 0 Å². The second kappa shape index (κ2) is 7.89. The van der Waals surface area contributed by atoms with E-state index in [9.17, 15) is 14.0 Å². The third-order valence-corrected chi connectivity index (χ3v) is 3.67. The molecule has 1 atom stereocenters. The SMILES string of the molecule is CC(=O)N(CCNC(=O)c1ccc(F)cc1)CC1CCCO1. The second-order valence-corrected chi connectivity index (χ2v) is 5.36. The van der Waals surface area contributed by atoms with E-state index in [1.165, 1.54) is 31.2 Å². The zero-order chi connectivity index (χ0) is 15.9. The zero-order valence-electron chi connectivity index (χ0n) is 12.7. The lowest BCUT2D eigenvalue weighted by Gasteiger charge is -2.24. The van der Waals surface area contributed by atoms with Gasteiger partial charge in [-0.05, 0) is 37.1 Å². The Morgan fingerprint density at radius 1 is 1.36 bits per heavy atom. The standard InChI is InChI=1S/C16H21FN2O3/c1-12(20)19(11-15-3-2-10-22-15)9-8-18-16(21)13-4-6-14(17)7-5-13/h4-7,15H,2-3,8-11H2,1H3,(H,18,21). The van der Waals surface area contributed by atoms with E-state index in [-0.39, 0.29) is 23.7 Å². The number of nitrogens with one attached hydrogen (secondary N) is 1. The van der Waals surface area contributed by atoms with Gasteiger partial charge in [-0.2, -0.15) is 0 Å². The van der Waals surface area contributed by atoms with Gasteiger partial charge in [-0.25, -0.2) is 4.39 Å². The first kappa shape index (κ1) is 16.4. The summed E-state index contributed by atoms with van der Waals surface area (Å²) in [6.07, 6.45) is 2.08. The van der Waals surface area contributed by atoms with Crippen LogP contribution in [0.1, 0.15) is 30.1 Å². The summed E-state index contributed by atoms with van der Waals surface area (Å²) in [5, 5.41) is 2.73. The first-order chi connectivity index (χ1) is 10.6. The Morgan fingerprint density at radius 2 is 2.09 bits per heavy atom. The van der Waals surface area contributed by atoms with Gasteiger partial charge in [0.05, 0.1) is 6.10 Å². The van der Waals surface area contributed by atoms with Gasteiger partial charge in [0, 0.05) is 38.7 Å². The molecule has 1 heterocycles. The van der Waals surface area contributed by atoms with Crippen LogP contribution in [0.4, 0.5) is 4.39 Å². The Hall–Kier alpha value is -1.95. The van der Waals surface area contributed by atoms with E-state index in [1.807, 2.05) is 0 Å². The quantitative estimate of drug-likeness (QED) is 0.868. The second-order valence-electron chi connectivity index (χ2n) is 5.36. The number of rotatable bonds is 6.